The number of rotatable bonds is 3. The molecule has 1 aliphatic carbocycles. The first-order valence-electron chi connectivity index (χ1n) is 7.55. The Balaban J connectivity index is 1.48. The zero-order chi connectivity index (χ0) is 12.2. The molecule has 0 aromatic carbocycles. The van der Waals surface area contributed by atoms with Gasteiger partial charge in [-0.15, -0.1) is 0 Å². The predicted molar refractivity (Wildman–Crippen MR) is 70.4 cm³/mol. The van der Waals surface area contributed by atoms with Crippen LogP contribution in [0.1, 0.15) is 31.2 Å². The predicted octanol–water partition coefficient (Wildman–Crippen LogP) is -1.27. The Morgan fingerprint density at radius 3 is 2.33 bits per heavy atom. The van der Waals surface area contributed by atoms with Crippen LogP contribution in [0.25, 0.3) is 0 Å². The van der Waals surface area contributed by atoms with Crippen LogP contribution in [0.3, 0.4) is 0 Å². The van der Waals surface area contributed by atoms with Crippen molar-refractivity contribution in [2.24, 2.45) is 0 Å². The Labute approximate surface area is 110 Å². The number of pyridine rings is 1. The van der Waals surface area contributed by atoms with Crippen molar-refractivity contribution in [1.82, 2.24) is 0 Å². The lowest BCUT2D eigenvalue weighted by atomic mass is 10.1. The summed E-state index contributed by atoms with van der Waals surface area (Å²) in [6, 6.07) is 5.42. The largest absolute Gasteiger partial charge is 0.323 e. The average Bonchev–Trinajstić information content (AvgIpc) is 2.95. The van der Waals surface area contributed by atoms with E-state index < -0.39 is 0 Å². The molecule has 1 aromatic heterocycles. The molecule has 3 nitrogen and oxygen atoms in total. The van der Waals surface area contributed by atoms with Gasteiger partial charge < -0.3 is 9.80 Å². The van der Waals surface area contributed by atoms with E-state index in [1.807, 2.05) is 17.3 Å². The first kappa shape index (κ1) is 12.1. The van der Waals surface area contributed by atoms with E-state index in [1.165, 1.54) is 64.0 Å². The minimum atomic E-state index is 0.998. The number of hydrogen-bond donors (Lipinski definition) is 2. The molecule has 0 radical (unpaired) electrons. The Kier molecular flexibility index (Phi) is 3.91. The second-order valence-corrected chi connectivity index (χ2v) is 5.97. The van der Waals surface area contributed by atoms with Gasteiger partial charge in [0.15, 0.2) is 12.4 Å². The second-order valence-electron chi connectivity index (χ2n) is 5.97. The van der Waals surface area contributed by atoms with Gasteiger partial charge in [0, 0.05) is 17.7 Å². The van der Waals surface area contributed by atoms with E-state index in [0.29, 0.717) is 0 Å². The van der Waals surface area contributed by atoms with Gasteiger partial charge >= 0.3 is 0 Å². The SMILES string of the molecule is c1cc(C[NH+]2CC[NH+](C3CCCC3)CC2)cc[nH+]1. The molecule has 2 aliphatic rings. The highest BCUT2D eigenvalue weighted by atomic mass is 15.3. The van der Waals surface area contributed by atoms with Crippen LogP contribution in [0, 0.1) is 0 Å². The van der Waals surface area contributed by atoms with Crippen LogP contribution in [-0.2, 0) is 6.54 Å². The van der Waals surface area contributed by atoms with Gasteiger partial charge in [0.1, 0.15) is 32.7 Å². The minimum absolute atomic E-state index is 0.998. The van der Waals surface area contributed by atoms with Crippen LogP contribution < -0.4 is 14.8 Å². The Bertz CT molecular complexity index is 351. The molecule has 0 unspecified atom stereocenters. The molecule has 1 saturated heterocycles. The summed E-state index contributed by atoms with van der Waals surface area (Å²) < 4.78 is 0. The van der Waals surface area contributed by atoms with Crippen LogP contribution in [-0.4, -0.2) is 32.2 Å². The van der Waals surface area contributed by atoms with Gasteiger partial charge in [-0.25, -0.2) is 4.98 Å². The van der Waals surface area contributed by atoms with E-state index in [9.17, 15) is 0 Å². The molecule has 18 heavy (non-hydrogen) atoms. The molecule has 0 spiro atoms. The normalized spacial score (nSPS) is 29.6. The Morgan fingerprint density at radius 1 is 1.00 bits per heavy atom. The molecular weight excluding hydrogens is 222 g/mol. The highest BCUT2D eigenvalue weighted by Gasteiger charge is 2.31. The fourth-order valence-corrected chi connectivity index (χ4v) is 3.67. The van der Waals surface area contributed by atoms with Gasteiger partial charge in [0.25, 0.3) is 0 Å². The van der Waals surface area contributed by atoms with Crippen LogP contribution in [0.4, 0.5) is 0 Å². The summed E-state index contributed by atoms with van der Waals surface area (Å²) in [5.74, 6) is 0. The first-order valence-corrected chi connectivity index (χ1v) is 7.55. The third-order valence-corrected chi connectivity index (χ3v) is 4.77. The fourth-order valence-electron chi connectivity index (χ4n) is 3.67. The summed E-state index contributed by atoms with van der Waals surface area (Å²) in [6.07, 6.45) is 10.00. The van der Waals surface area contributed by atoms with Crippen LogP contribution >= 0.6 is 0 Å². The average molecular weight is 248 g/mol. The van der Waals surface area contributed by atoms with E-state index in [2.05, 4.69) is 17.1 Å². The Hall–Kier alpha value is -0.930. The van der Waals surface area contributed by atoms with Crippen molar-refractivity contribution >= 4 is 0 Å². The maximum Gasteiger partial charge on any atom is 0.167 e. The lowest BCUT2D eigenvalue weighted by molar-refractivity contribution is -1.03. The van der Waals surface area contributed by atoms with E-state index in [-0.39, 0.29) is 0 Å². The smallest absolute Gasteiger partial charge is 0.167 e. The lowest BCUT2D eigenvalue weighted by Crippen LogP contribution is -3.29. The summed E-state index contributed by atoms with van der Waals surface area (Å²) >= 11 is 0. The summed E-state index contributed by atoms with van der Waals surface area (Å²) in [5.41, 5.74) is 1.47. The number of aromatic amines is 1. The van der Waals surface area contributed by atoms with Gasteiger partial charge in [0.05, 0.1) is 6.04 Å². The molecular formula is C15H26N3+3. The molecule has 1 aromatic rings. The van der Waals surface area contributed by atoms with E-state index in [4.69, 9.17) is 0 Å². The quantitative estimate of drug-likeness (QED) is 0.666. The molecule has 0 bridgehead atoms. The zero-order valence-electron chi connectivity index (χ0n) is 11.3. The highest BCUT2D eigenvalue weighted by molar-refractivity contribution is 5.04. The van der Waals surface area contributed by atoms with Crippen molar-refractivity contribution in [3.8, 4) is 0 Å². The lowest BCUT2D eigenvalue weighted by Gasteiger charge is -2.33. The zero-order valence-corrected chi connectivity index (χ0v) is 11.3. The molecule has 2 fully saturated rings. The fraction of sp³-hybridized carbons (Fsp3) is 0.667. The van der Waals surface area contributed by atoms with Crippen LogP contribution in [0.15, 0.2) is 24.5 Å². The number of H-pyrrole nitrogens is 1. The molecule has 1 aliphatic heterocycles. The number of nitrogens with one attached hydrogen (secondary N) is 3. The second kappa shape index (κ2) is 5.81. The molecule has 2 heterocycles. The van der Waals surface area contributed by atoms with Gasteiger partial charge in [-0.3, -0.25) is 0 Å². The van der Waals surface area contributed by atoms with Crippen LogP contribution in [0.5, 0.6) is 0 Å². The molecule has 3 N–H and O–H groups in total. The van der Waals surface area contributed by atoms with E-state index >= 15 is 0 Å². The number of hydrogen-bond acceptors (Lipinski definition) is 0. The summed E-state index contributed by atoms with van der Waals surface area (Å²) in [6.45, 7) is 6.68. The van der Waals surface area contributed by atoms with Crippen molar-refractivity contribution < 1.29 is 14.8 Å². The maximum atomic E-state index is 3.10. The maximum absolute atomic E-state index is 3.10. The molecule has 3 rings (SSSR count). The van der Waals surface area contributed by atoms with Crippen molar-refractivity contribution in [2.45, 2.75) is 38.3 Å². The van der Waals surface area contributed by atoms with Crippen molar-refractivity contribution in [3.05, 3.63) is 30.1 Å². The molecule has 3 heteroatoms. The molecule has 1 saturated carbocycles. The third kappa shape index (κ3) is 2.90. The number of quaternary nitrogens is 2. The number of aromatic nitrogens is 1. The minimum Gasteiger partial charge on any atom is -0.323 e. The molecule has 0 atom stereocenters. The molecule has 98 valence electrons. The topological polar surface area (TPSA) is 23.0 Å². The third-order valence-electron chi connectivity index (χ3n) is 4.77. The standard InChI is InChI=1S/C15H23N3/c1-2-4-15(3-1)18-11-9-17(10-12-18)13-14-5-7-16-8-6-14/h5-8,15H,1-4,9-13H2/p+3. The van der Waals surface area contributed by atoms with E-state index in [1.54, 1.807) is 4.90 Å². The van der Waals surface area contributed by atoms with Gasteiger partial charge in [0.2, 0.25) is 0 Å². The van der Waals surface area contributed by atoms with E-state index in [0.717, 1.165) is 6.04 Å². The highest BCUT2D eigenvalue weighted by Crippen LogP contribution is 2.15. The van der Waals surface area contributed by atoms with Gasteiger partial charge in [-0.05, 0) is 25.7 Å². The monoisotopic (exact) mass is 248 g/mol. The summed E-state index contributed by atoms with van der Waals surface area (Å²) in [4.78, 5) is 6.77. The first-order chi connectivity index (χ1) is 8.92. The van der Waals surface area contributed by atoms with Gasteiger partial charge in [-0.1, -0.05) is 0 Å². The van der Waals surface area contributed by atoms with Crippen molar-refractivity contribution in [3.63, 3.8) is 0 Å². The Morgan fingerprint density at radius 2 is 1.67 bits per heavy atom. The molecule has 0 amide bonds. The van der Waals surface area contributed by atoms with Gasteiger partial charge in [-0.2, -0.15) is 0 Å². The van der Waals surface area contributed by atoms with Crippen LogP contribution in [0.2, 0.25) is 0 Å². The number of piperazine rings is 1. The van der Waals surface area contributed by atoms with Crippen molar-refractivity contribution in [2.75, 3.05) is 26.2 Å². The van der Waals surface area contributed by atoms with Crippen molar-refractivity contribution in [1.29, 1.82) is 0 Å². The summed E-state index contributed by atoms with van der Waals surface area (Å²) in [5, 5.41) is 0. The summed E-state index contributed by atoms with van der Waals surface area (Å²) in [7, 11) is 0.